The van der Waals surface area contributed by atoms with E-state index in [1.165, 1.54) is 0 Å². The number of aliphatic imine (C=N–C) groups is 1. The zero-order valence-corrected chi connectivity index (χ0v) is 9.72. The lowest BCUT2D eigenvalue weighted by Crippen LogP contribution is -2.23. The Bertz CT molecular complexity index is 427. The first-order valence-electron chi connectivity index (χ1n) is 5.06. The van der Waals surface area contributed by atoms with Gasteiger partial charge in [0, 0.05) is 19.4 Å². The number of rotatable bonds is 6. The summed E-state index contributed by atoms with van der Waals surface area (Å²) in [5, 5.41) is 0. The Hall–Kier alpha value is -2.01. The molecule has 1 amide bonds. The molecule has 5 heteroatoms. The van der Waals surface area contributed by atoms with E-state index in [0.717, 1.165) is 5.56 Å². The van der Waals surface area contributed by atoms with Gasteiger partial charge in [-0.1, -0.05) is 12.6 Å². The van der Waals surface area contributed by atoms with Gasteiger partial charge in [-0.2, -0.15) is 0 Å². The number of hydrogen-bond donors (Lipinski definition) is 1. The van der Waals surface area contributed by atoms with Gasteiger partial charge >= 0.3 is 0 Å². The maximum atomic E-state index is 10.9. The lowest BCUT2D eigenvalue weighted by molar-refractivity contribution is -0.114. The van der Waals surface area contributed by atoms with Crippen LogP contribution in [0.1, 0.15) is 5.56 Å². The number of primary amides is 1. The molecule has 0 aromatic carbocycles. The Morgan fingerprint density at radius 2 is 2.41 bits per heavy atom. The Balaban J connectivity index is 2.45. The van der Waals surface area contributed by atoms with Gasteiger partial charge in [0.2, 0.25) is 5.91 Å². The molecule has 0 saturated heterocycles. The summed E-state index contributed by atoms with van der Waals surface area (Å²) in [5.41, 5.74) is 6.70. The van der Waals surface area contributed by atoms with Gasteiger partial charge in [0.05, 0.1) is 24.5 Å². The molecule has 0 unspecified atom stereocenters. The second-order valence-corrected chi connectivity index (χ2v) is 3.37. The van der Waals surface area contributed by atoms with Crippen molar-refractivity contribution in [3.05, 3.63) is 42.2 Å². The van der Waals surface area contributed by atoms with Crippen molar-refractivity contribution in [2.75, 3.05) is 13.7 Å². The molecular formula is C12H15N3O2. The number of carbonyl (C=O) groups excluding carboxylic acids is 1. The Morgan fingerprint density at radius 3 is 2.94 bits per heavy atom. The van der Waals surface area contributed by atoms with Crippen LogP contribution in [-0.2, 0) is 16.1 Å². The van der Waals surface area contributed by atoms with Gasteiger partial charge in [-0.05, 0) is 11.6 Å². The SMILES string of the molecule is C=C(C(N)=O)C(COCc1cccnc1)=NC. The molecule has 0 saturated carbocycles. The molecule has 0 atom stereocenters. The molecule has 0 fully saturated rings. The summed E-state index contributed by atoms with van der Waals surface area (Å²) >= 11 is 0. The molecule has 0 bridgehead atoms. The van der Waals surface area contributed by atoms with Crippen molar-refractivity contribution in [3.63, 3.8) is 0 Å². The number of carbonyl (C=O) groups is 1. The minimum atomic E-state index is -0.587. The number of nitrogens with two attached hydrogens (primary N) is 1. The molecule has 90 valence electrons. The minimum absolute atomic E-state index is 0.179. The first kappa shape index (κ1) is 13.1. The van der Waals surface area contributed by atoms with E-state index in [0.29, 0.717) is 12.3 Å². The normalized spacial score (nSPS) is 11.2. The highest BCUT2D eigenvalue weighted by atomic mass is 16.5. The monoisotopic (exact) mass is 233 g/mol. The molecule has 2 N–H and O–H groups in total. The van der Waals surface area contributed by atoms with Crippen LogP contribution >= 0.6 is 0 Å². The highest BCUT2D eigenvalue weighted by Crippen LogP contribution is 2.01. The van der Waals surface area contributed by atoms with Crippen LogP contribution in [0, 0.1) is 0 Å². The summed E-state index contributed by atoms with van der Waals surface area (Å²) in [5.74, 6) is -0.587. The first-order valence-corrected chi connectivity index (χ1v) is 5.06. The van der Waals surface area contributed by atoms with Gasteiger partial charge in [-0.15, -0.1) is 0 Å². The summed E-state index contributed by atoms with van der Waals surface area (Å²) in [6.45, 7) is 4.16. The highest BCUT2D eigenvalue weighted by Gasteiger charge is 2.09. The van der Waals surface area contributed by atoms with E-state index in [9.17, 15) is 4.79 Å². The largest absolute Gasteiger partial charge is 0.370 e. The zero-order valence-electron chi connectivity index (χ0n) is 9.72. The molecule has 0 spiro atoms. The number of hydrogen-bond acceptors (Lipinski definition) is 4. The molecule has 17 heavy (non-hydrogen) atoms. The van der Waals surface area contributed by atoms with Crippen LogP contribution in [0.5, 0.6) is 0 Å². The van der Waals surface area contributed by atoms with Gasteiger partial charge in [-0.3, -0.25) is 14.8 Å². The lowest BCUT2D eigenvalue weighted by Gasteiger charge is -2.07. The molecule has 0 aliphatic carbocycles. The number of nitrogens with zero attached hydrogens (tertiary/aromatic N) is 2. The Kier molecular flexibility index (Phi) is 5.03. The topological polar surface area (TPSA) is 77.6 Å². The van der Waals surface area contributed by atoms with Crippen molar-refractivity contribution in [1.82, 2.24) is 4.98 Å². The number of amides is 1. The lowest BCUT2D eigenvalue weighted by atomic mass is 10.2. The van der Waals surface area contributed by atoms with E-state index in [1.54, 1.807) is 19.4 Å². The van der Waals surface area contributed by atoms with Crippen LogP contribution in [0.2, 0.25) is 0 Å². The minimum Gasteiger partial charge on any atom is -0.370 e. The fraction of sp³-hybridized carbons (Fsp3) is 0.250. The summed E-state index contributed by atoms with van der Waals surface area (Å²) in [7, 11) is 1.57. The average molecular weight is 233 g/mol. The summed E-state index contributed by atoms with van der Waals surface area (Å²) in [4.78, 5) is 18.8. The second kappa shape index (κ2) is 6.55. The fourth-order valence-electron chi connectivity index (χ4n) is 1.18. The smallest absolute Gasteiger partial charge is 0.250 e. The molecule has 5 nitrogen and oxygen atoms in total. The summed E-state index contributed by atoms with van der Waals surface area (Å²) in [6.07, 6.45) is 3.41. The van der Waals surface area contributed by atoms with Gasteiger partial charge in [0.15, 0.2) is 0 Å². The highest BCUT2D eigenvalue weighted by molar-refractivity contribution is 6.21. The number of ether oxygens (including phenoxy) is 1. The van der Waals surface area contributed by atoms with Crippen LogP contribution in [0.25, 0.3) is 0 Å². The second-order valence-electron chi connectivity index (χ2n) is 3.37. The van der Waals surface area contributed by atoms with Crippen molar-refractivity contribution in [1.29, 1.82) is 0 Å². The predicted octanol–water partition coefficient (Wildman–Crippen LogP) is 0.710. The molecule has 0 radical (unpaired) electrons. The van der Waals surface area contributed by atoms with Crippen molar-refractivity contribution < 1.29 is 9.53 Å². The molecule has 1 aromatic rings. The van der Waals surface area contributed by atoms with Gasteiger partial charge in [0.1, 0.15) is 0 Å². The van der Waals surface area contributed by atoms with Crippen molar-refractivity contribution >= 4 is 11.6 Å². The van der Waals surface area contributed by atoms with Crippen LogP contribution in [0.15, 0.2) is 41.7 Å². The maximum Gasteiger partial charge on any atom is 0.250 e. The Labute approximate surface area is 100 Å². The third kappa shape index (κ3) is 4.16. The van der Waals surface area contributed by atoms with Gasteiger partial charge < -0.3 is 10.5 Å². The molecule has 1 rings (SSSR count). The molecule has 1 aromatic heterocycles. The first-order chi connectivity index (χ1) is 8.15. The van der Waals surface area contributed by atoms with Crippen molar-refractivity contribution in [3.8, 4) is 0 Å². The van der Waals surface area contributed by atoms with Crippen LogP contribution in [0.3, 0.4) is 0 Å². The van der Waals surface area contributed by atoms with E-state index in [-0.39, 0.29) is 12.2 Å². The Morgan fingerprint density at radius 1 is 1.65 bits per heavy atom. The third-order valence-electron chi connectivity index (χ3n) is 2.15. The zero-order chi connectivity index (χ0) is 12.7. The maximum absolute atomic E-state index is 10.9. The van der Waals surface area contributed by atoms with E-state index in [4.69, 9.17) is 10.5 Å². The fourth-order valence-corrected chi connectivity index (χ4v) is 1.18. The van der Waals surface area contributed by atoms with Crippen molar-refractivity contribution in [2.45, 2.75) is 6.61 Å². The molecule has 1 heterocycles. The molecular weight excluding hydrogens is 218 g/mol. The third-order valence-corrected chi connectivity index (χ3v) is 2.15. The molecule has 0 aliphatic heterocycles. The van der Waals surface area contributed by atoms with Crippen LogP contribution in [0.4, 0.5) is 0 Å². The van der Waals surface area contributed by atoms with Crippen LogP contribution < -0.4 is 5.73 Å². The summed E-state index contributed by atoms with van der Waals surface area (Å²) < 4.78 is 5.40. The molecule has 0 aliphatic rings. The number of aromatic nitrogens is 1. The quantitative estimate of drug-likeness (QED) is 0.580. The van der Waals surface area contributed by atoms with E-state index in [2.05, 4.69) is 16.6 Å². The van der Waals surface area contributed by atoms with E-state index < -0.39 is 5.91 Å². The van der Waals surface area contributed by atoms with Crippen LogP contribution in [-0.4, -0.2) is 30.3 Å². The van der Waals surface area contributed by atoms with E-state index >= 15 is 0 Å². The van der Waals surface area contributed by atoms with Crippen molar-refractivity contribution in [2.24, 2.45) is 10.7 Å². The van der Waals surface area contributed by atoms with E-state index in [1.807, 2.05) is 12.1 Å². The average Bonchev–Trinajstić information content (AvgIpc) is 2.35. The summed E-state index contributed by atoms with van der Waals surface area (Å²) in [6, 6.07) is 3.73. The van der Waals surface area contributed by atoms with Gasteiger partial charge in [-0.25, -0.2) is 0 Å². The standard InChI is InChI=1S/C12H15N3O2/c1-9(12(13)16)11(14-2)8-17-7-10-4-3-5-15-6-10/h3-6H,1,7-8H2,2H3,(H2,13,16). The predicted molar refractivity (Wildman–Crippen MR) is 65.6 cm³/mol. The number of pyridine rings is 1. The van der Waals surface area contributed by atoms with Gasteiger partial charge in [0.25, 0.3) is 0 Å².